The number of hydrogen-bond donors (Lipinski definition) is 2. The lowest BCUT2D eigenvalue weighted by Crippen LogP contribution is -2.52. The molecule has 0 heterocycles. The fraction of sp³-hybridized carbons (Fsp3) is 0.529. The molecule has 0 unspecified atom stereocenters. The van der Waals surface area contributed by atoms with E-state index in [9.17, 15) is 18.4 Å². The largest absolute Gasteiger partial charge is 0.444 e. The van der Waals surface area contributed by atoms with Gasteiger partial charge in [0.05, 0.1) is 5.54 Å². The number of ether oxygens (including phenoxy) is 1. The third-order valence-corrected chi connectivity index (χ3v) is 3.59. The van der Waals surface area contributed by atoms with Crippen molar-refractivity contribution in [2.75, 3.05) is 6.54 Å². The minimum Gasteiger partial charge on any atom is -0.444 e. The number of alkyl carbamates (subject to hydrolysis) is 1. The van der Waals surface area contributed by atoms with Crippen LogP contribution in [0.25, 0.3) is 0 Å². The second-order valence-corrected chi connectivity index (χ2v) is 8.16. The highest BCUT2D eigenvalue weighted by atomic mass is 32.2. The van der Waals surface area contributed by atoms with Crippen LogP contribution in [-0.2, 0) is 4.74 Å². The van der Waals surface area contributed by atoms with E-state index in [1.54, 1.807) is 34.6 Å². The Morgan fingerprint density at radius 1 is 1.12 bits per heavy atom. The van der Waals surface area contributed by atoms with E-state index >= 15 is 0 Å². The number of nitrogens with one attached hydrogen (secondary N) is 2. The maximum Gasteiger partial charge on any atom is 0.407 e. The highest BCUT2D eigenvalue weighted by Gasteiger charge is 2.24. The molecule has 0 bridgehead atoms. The SMILES string of the molecule is CC(C)(CNC(=O)OC(C)(C)C)NC(=O)c1ccc(SC(F)F)cc1. The molecule has 0 spiro atoms. The molecule has 140 valence electrons. The van der Waals surface area contributed by atoms with Crippen LogP contribution in [0.3, 0.4) is 0 Å². The molecule has 0 saturated heterocycles. The molecule has 25 heavy (non-hydrogen) atoms. The lowest BCUT2D eigenvalue weighted by Gasteiger charge is -2.27. The van der Waals surface area contributed by atoms with Gasteiger partial charge in [-0.1, -0.05) is 11.8 Å². The fourth-order valence-corrected chi connectivity index (χ4v) is 2.32. The zero-order chi connectivity index (χ0) is 19.3. The molecule has 1 rings (SSSR count). The van der Waals surface area contributed by atoms with Crippen molar-refractivity contribution < 1.29 is 23.1 Å². The van der Waals surface area contributed by atoms with Crippen LogP contribution < -0.4 is 10.6 Å². The van der Waals surface area contributed by atoms with Gasteiger partial charge in [0.2, 0.25) is 0 Å². The van der Waals surface area contributed by atoms with E-state index in [0.717, 1.165) is 0 Å². The van der Waals surface area contributed by atoms with Crippen LogP contribution in [0, 0.1) is 0 Å². The predicted octanol–water partition coefficient (Wildman–Crippen LogP) is 4.03. The number of carbonyl (C=O) groups is 2. The van der Waals surface area contributed by atoms with Crippen LogP contribution >= 0.6 is 11.8 Å². The lowest BCUT2D eigenvalue weighted by molar-refractivity contribution is 0.0509. The van der Waals surface area contributed by atoms with Gasteiger partial charge in [-0.2, -0.15) is 8.78 Å². The highest BCUT2D eigenvalue weighted by molar-refractivity contribution is 7.99. The zero-order valence-corrected chi connectivity index (χ0v) is 15.8. The van der Waals surface area contributed by atoms with Gasteiger partial charge in [0.15, 0.2) is 0 Å². The van der Waals surface area contributed by atoms with Crippen molar-refractivity contribution in [1.29, 1.82) is 0 Å². The van der Waals surface area contributed by atoms with E-state index in [4.69, 9.17) is 4.74 Å². The van der Waals surface area contributed by atoms with E-state index in [0.29, 0.717) is 22.2 Å². The normalized spacial score (nSPS) is 12.0. The number of hydrogen-bond acceptors (Lipinski definition) is 4. The van der Waals surface area contributed by atoms with Crippen molar-refractivity contribution >= 4 is 23.8 Å². The lowest BCUT2D eigenvalue weighted by atomic mass is 10.0. The summed E-state index contributed by atoms with van der Waals surface area (Å²) < 4.78 is 29.7. The summed E-state index contributed by atoms with van der Waals surface area (Å²) >= 11 is 0.421. The fourth-order valence-electron chi connectivity index (χ4n) is 1.82. The molecule has 5 nitrogen and oxygen atoms in total. The number of thioether (sulfide) groups is 1. The molecular weight excluding hydrogens is 350 g/mol. The van der Waals surface area contributed by atoms with Gasteiger partial charge in [-0.05, 0) is 58.9 Å². The maximum absolute atomic E-state index is 12.3. The molecule has 0 aliphatic heterocycles. The summed E-state index contributed by atoms with van der Waals surface area (Å²) in [5, 5.41) is 5.39. The van der Waals surface area contributed by atoms with E-state index in [-0.39, 0.29) is 12.5 Å². The maximum atomic E-state index is 12.3. The van der Waals surface area contributed by atoms with Gasteiger partial charge in [-0.15, -0.1) is 0 Å². The van der Waals surface area contributed by atoms with Gasteiger partial charge in [-0.3, -0.25) is 4.79 Å². The van der Waals surface area contributed by atoms with Crippen LogP contribution in [0.4, 0.5) is 13.6 Å². The molecule has 0 saturated carbocycles. The van der Waals surface area contributed by atoms with Crippen LogP contribution in [0.15, 0.2) is 29.2 Å². The Morgan fingerprint density at radius 3 is 2.16 bits per heavy atom. The first kappa shape index (κ1) is 21.2. The number of rotatable bonds is 6. The first-order chi connectivity index (χ1) is 11.4. The van der Waals surface area contributed by atoms with Gasteiger partial charge in [0, 0.05) is 17.0 Å². The molecular formula is C17H24F2N2O3S. The van der Waals surface area contributed by atoms with Crippen molar-refractivity contribution in [1.82, 2.24) is 10.6 Å². The summed E-state index contributed by atoms with van der Waals surface area (Å²) in [5.41, 5.74) is -0.969. The van der Waals surface area contributed by atoms with Crippen molar-refractivity contribution in [3.8, 4) is 0 Å². The minimum atomic E-state index is -2.50. The number of carbonyl (C=O) groups excluding carboxylic acids is 2. The standard InChI is InChI=1S/C17H24F2N2O3S/c1-16(2,3)24-15(23)20-10-17(4,5)21-13(22)11-6-8-12(9-7-11)25-14(18)19/h6-9,14H,10H2,1-5H3,(H,20,23)(H,21,22). The van der Waals surface area contributed by atoms with E-state index in [1.807, 2.05) is 0 Å². The molecule has 1 aromatic rings. The van der Waals surface area contributed by atoms with Crippen molar-refractivity contribution in [2.45, 2.75) is 56.4 Å². The Bertz CT molecular complexity index is 599. The number of amides is 2. The van der Waals surface area contributed by atoms with E-state index in [1.165, 1.54) is 24.3 Å². The van der Waals surface area contributed by atoms with Crippen molar-refractivity contribution in [3.05, 3.63) is 29.8 Å². The molecule has 0 aliphatic carbocycles. The summed E-state index contributed by atoms with van der Waals surface area (Å²) in [6.45, 7) is 8.96. The van der Waals surface area contributed by atoms with Crippen molar-refractivity contribution in [2.24, 2.45) is 0 Å². The molecule has 0 fully saturated rings. The third-order valence-electron chi connectivity index (χ3n) is 2.87. The first-order valence-corrected chi connectivity index (χ1v) is 8.60. The van der Waals surface area contributed by atoms with Gasteiger partial charge in [0.25, 0.3) is 11.7 Å². The predicted molar refractivity (Wildman–Crippen MR) is 94.1 cm³/mol. The average Bonchev–Trinajstić information content (AvgIpc) is 2.43. The Morgan fingerprint density at radius 2 is 1.68 bits per heavy atom. The van der Waals surface area contributed by atoms with E-state index in [2.05, 4.69) is 10.6 Å². The molecule has 2 N–H and O–H groups in total. The van der Waals surface area contributed by atoms with Gasteiger partial charge < -0.3 is 15.4 Å². The second-order valence-electron chi connectivity index (χ2n) is 7.10. The van der Waals surface area contributed by atoms with Gasteiger partial charge >= 0.3 is 6.09 Å². The Labute approximate surface area is 150 Å². The van der Waals surface area contributed by atoms with Crippen LogP contribution in [0.2, 0.25) is 0 Å². The summed E-state index contributed by atoms with van der Waals surface area (Å²) in [6.07, 6.45) is -0.566. The van der Waals surface area contributed by atoms with Gasteiger partial charge in [-0.25, -0.2) is 4.79 Å². The minimum absolute atomic E-state index is 0.174. The van der Waals surface area contributed by atoms with Crippen LogP contribution in [-0.4, -0.2) is 35.4 Å². The second kappa shape index (κ2) is 8.51. The molecule has 0 aromatic heterocycles. The highest BCUT2D eigenvalue weighted by Crippen LogP contribution is 2.25. The van der Waals surface area contributed by atoms with Crippen LogP contribution in [0.5, 0.6) is 0 Å². The number of alkyl halides is 2. The molecule has 0 radical (unpaired) electrons. The average molecular weight is 374 g/mol. The van der Waals surface area contributed by atoms with E-state index < -0.39 is 23.0 Å². The summed E-state index contributed by atoms with van der Waals surface area (Å²) in [5.74, 6) is -2.86. The smallest absolute Gasteiger partial charge is 0.407 e. The summed E-state index contributed by atoms with van der Waals surface area (Å²) in [7, 11) is 0. The topological polar surface area (TPSA) is 67.4 Å². The zero-order valence-electron chi connectivity index (χ0n) is 15.0. The Kier molecular flexibility index (Phi) is 7.22. The third kappa shape index (κ3) is 8.72. The Balaban J connectivity index is 2.57. The van der Waals surface area contributed by atoms with Gasteiger partial charge in [0.1, 0.15) is 5.60 Å². The Hall–Kier alpha value is -1.83. The molecule has 1 aromatic carbocycles. The molecule has 8 heteroatoms. The summed E-state index contributed by atoms with van der Waals surface area (Å²) in [4.78, 5) is 24.3. The number of halogens is 2. The number of benzene rings is 1. The van der Waals surface area contributed by atoms with Crippen LogP contribution in [0.1, 0.15) is 45.0 Å². The molecule has 2 amide bonds. The van der Waals surface area contributed by atoms with Crippen molar-refractivity contribution in [3.63, 3.8) is 0 Å². The summed E-state index contributed by atoms with van der Waals surface area (Å²) in [6, 6.07) is 5.91. The molecule has 0 atom stereocenters. The quantitative estimate of drug-likeness (QED) is 0.738. The monoisotopic (exact) mass is 374 g/mol. The molecule has 0 aliphatic rings. The first-order valence-electron chi connectivity index (χ1n) is 7.72.